The molecule has 0 aromatic heterocycles. The van der Waals surface area contributed by atoms with Crippen molar-refractivity contribution in [3.8, 4) is 0 Å². The van der Waals surface area contributed by atoms with E-state index in [1.807, 2.05) is 0 Å². The van der Waals surface area contributed by atoms with E-state index in [0.717, 1.165) is 19.7 Å². The summed E-state index contributed by atoms with van der Waals surface area (Å²) in [6.45, 7) is 14.5. The van der Waals surface area contributed by atoms with Gasteiger partial charge in [-0.1, -0.05) is 27.7 Å². The van der Waals surface area contributed by atoms with Crippen molar-refractivity contribution >= 4 is 0 Å². The van der Waals surface area contributed by atoms with Crippen molar-refractivity contribution in [1.29, 1.82) is 0 Å². The zero-order chi connectivity index (χ0) is 13.8. The minimum atomic E-state index is 0.349. The lowest BCUT2D eigenvalue weighted by atomic mass is 9.86. The third kappa shape index (κ3) is 4.52. The number of ether oxygens (including phenoxy) is 1. The van der Waals surface area contributed by atoms with Gasteiger partial charge in [0.25, 0.3) is 0 Å². The maximum Gasteiger partial charge on any atom is 0.0702 e. The maximum absolute atomic E-state index is 5.68. The molecule has 0 radical (unpaired) electrons. The summed E-state index contributed by atoms with van der Waals surface area (Å²) in [6.07, 6.45) is 2.77. The van der Waals surface area contributed by atoms with Gasteiger partial charge >= 0.3 is 0 Å². The van der Waals surface area contributed by atoms with E-state index in [1.165, 1.54) is 12.8 Å². The minimum absolute atomic E-state index is 0.349. The average Bonchev–Trinajstić information content (AvgIpc) is 2.73. The molecule has 18 heavy (non-hydrogen) atoms. The molecular formula is C15H32N2O. The predicted molar refractivity (Wildman–Crippen MR) is 78.0 cm³/mol. The topological polar surface area (TPSA) is 24.5 Å². The number of likely N-dealkylation sites (N-methyl/N-ethyl adjacent to an activating group) is 1. The van der Waals surface area contributed by atoms with Crippen molar-refractivity contribution in [3.63, 3.8) is 0 Å². The minimum Gasteiger partial charge on any atom is -0.377 e. The second kappa shape index (κ2) is 6.88. The second-order valence-electron chi connectivity index (χ2n) is 6.55. The van der Waals surface area contributed by atoms with E-state index in [9.17, 15) is 0 Å². The fraction of sp³-hybridized carbons (Fsp3) is 1.00. The molecule has 1 rings (SSSR count). The standard InChI is InChI=1S/C15H32N2O/c1-7-15(5,10-16-12(2)3)11-17(6)14-8-9-18-13(14)4/h12-14,16H,7-11H2,1-6H3. The highest BCUT2D eigenvalue weighted by atomic mass is 16.5. The lowest BCUT2D eigenvalue weighted by Gasteiger charge is -2.37. The molecule has 0 aliphatic carbocycles. The number of nitrogens with zero attached hydrogens (tertiary/aromatic N) is 1. The Morgan fingerprint density at radius 2 is 2.11 bits per heavy atom. The summed E-state index contributed by atoms with van der Waals surface area (Å²) < 4.78 is 5.68. The molecule has 1 N–H and O–H groups in total. The molecule has 0 aromatic rings. The van der Waals surface area contributed by atoms with Gasteiger partial charge < -0.3 is 15.0 Å². The predicted octanol–water partition coefficient (Wildman–Crippen LogP) is 2.51. The van der Waals surface area contributed by atoms with Crippen LogP contribution in [0.15, 0.2) is 0 Å². The first-order valence-electron chi connectivity index (χ1n) is 7.43. The van der Waals surface area contributed by atoms with Gasteiger partial charge in [0, 0.05) is 31.8 Å². The van der Waals surface area contributed by atoms with Gasteiger partial charge in [-0.25, -0.2) is 0 Å². The van der Waals surface area contributed by atoms with E-state index in [1.54, 1.807) is 0 Å². The molecule has 108 valence electrons. The summed E-state index contributed by atoms with van der Waals surface area (Å²) in [6, 6.07) is 1.16. The summed E-state index contributed by atoms with van der Waals surface area (Å²) in [5.74, 6) is 0. The van der Waals surface area contributed by atoms with Crippen LogP contribution in [0.1, 0.15) is 47.5 Å². The fourth-order valence-electron chi connectivity index (χ4n) is 2.76. The number of rotatable bonds is 7. The first-order chi connectivity index (χ1) is 8.38. The lowest BCUT2D eigenvalue weighted by Crippen LogP contribution is -2.47. The monoisotopic (exact) mass is 256 g/mol. The van der Waals surface area contributed by atoms with E-state index < -0.39 is 0 Å². The molecule has 0 amide bonds. The van der Waals surface area contributed by atoms with Crippen LogP contribution < -0.4 is 5.32 Å². The molecule has 3 atom stereocenters. The van der Waals surface area contributed by atoms with Gasteiger partial charge in [-0.2, -0.15) is 0 Å². The Bertz CT molecular complexity index is 245. The third-order valence-electron chi connectivity index (χ3n) is 4.32. The van der Waals surface area contributed by atoms with Crippen molar-refractivity contribution in [1.82, 2.24) is 10.2 Å². The van der Waals surface area contributed by atoms with Crippen LogP contribution in [0.2, 0.25) is 0 Å². The molecule has 1 saturated heterocycles. The van der Waals surface area contributed by atoms with Crippen molar-refractivity contribution in [2.45, 2.75) is 65.6 Å². The van der Waals surface area contributed by atoms with Gasteiger partial charge in [-0.15, -0.1) is 0 Å². The zero-order valence-corrected chi connectivity index (χ0v) is 13.1. The molecule has 1 fully saturated rings. The van der Waals surface area contributed by atoms with Crippen molar-refractivity contribution in [3.05, 3.63) is 0 Å². The Labute approximate surface area is 113 Å². The van der Waals surface area contributed by atoms with Crippen LogP contribution in [0, 0.1) is 5.41 Å². The van der Waals surface area contributed by atoms with Crippen LogP contribution in [0.25, 0.3) is 0 Å². The fourth-order valence-corrected chi connectivity index (χ4v) is 2.76. The van der Waals surface area contributed by atoms with Crippen molar-refractivity contribution in [2.75, 3.05) is 26.7 Å². The van der Waals surface area contributed by atoms with Crippen LogP contribution in [0.3, 0.4) is 0 Å². The summed E-state index contributed by atoms with van der Waals surface area (Å²) in [7, 11) is 2.25. The molecule has 0 aromatic carbocycles. The van der Waals surface area contributed by atoms with Gasteiger partial charge in [0.15, 0.2) is 0 Å². The third-order valence-corrected chi connectivity index (χ3v) is 4.32. The number of hydrogen-bond acceptors (Lipinski definition) is 3. The van der Waals surface area contributed by atoms with E-state index in [4.69, 9.17) is 4.74 Å². The van der Waals surface area contributed by atoms with Crippen molar-refractivity contribution < 1.29 is 4.74 Å². The molecular weight excluding hydrogens is 224 g/mol. The quantitative estimate of drug-likeness (QED) is 0.757. The van der Waals surface area contributed by atoms with Crippen LogP contribution in [0.5, 0.6) is 0 Å². The Morgan fingerprint density at radius 3 is 2.56 bits per heavy atom. The summed E-state index contributed by atoms with van der Waals surface area (Å²) in [5.41, 5.74) is 0.349. The first kappa shape index (κ1) is 15.9. The SMILES string of the molecule is CCC(C)(CNC(C)C)CN(C)C1CCOC1C. The summed E-state index contributed by atoms with van der Waals surface area (Å²) in [4.78, 5) is 2.50. The largest absolute Gasteiger partial charge is 0.377 e. The second-order valence-corrected chi connectivity index (χ2v) is 6.55. The Balaban J connectivity index is 2.50. The molecule has 0 spiro atoms. The Kier molecular flexibility index (Phi) is 6.09. The van der Waals surface area contributed by atoms with Crippen LogP contribution in [-0.4, -0.2) is 49.8 Å². The van der Waals surface area contributed by atoms with Crippen LogP contribution in [-0.2, 0) is 4.74 Å². The van der Waals surface area contributed by atoms with Gasteiger partial charge in [-0.05, 0) is 32.2 Å². The van der Waals surface area contributed by atoms with Crippen molar-refractivity contribution in [2.24, 2.45) is 5.41 Å². The van der Waals surface area contributed by atoms with Gasteiger partial charge in [0.05, 0.1) is 6.10 Å². The zero-order valence-electron chi connectivity index (χ0n) is 13.1. The van der Waals surface area contributed by atoms with Crippen LogP contribution in [0.4, 0.5) is 0 Å². The lowest BCUT2D eigenvalue weighted by molar-refractivity contribution is 0.0648. The molecule has 1 heterocycles. The molecule has 1 aliphatic rings. The molecule has 3 unspecified atom stereocenters. The summed E-state index contributed by atoms with van der Waals surface area (Å²) in [5, 5.41) is 3.59. The highest BCUT2D eigenvalue weighted by Crippen LogP contribution is 2.26. The van der Waals surface area contributed by atoms with E-state index in [-0.39, 0.29) is 0 Å². The molecule has 0 bridgehead atoms. The Morgan fingerprint density at radius 1 is 1.44 bits per heavy atom. The average molecular weight is 256 g/mol. The smallest absolute Gasteiger partial charge is 0.0702 e. The van der Waals surface area contributed by atoms with E-state index in [0.29, 0.717) is 23.6 Å². The van der Waals surface area contributed by atoms with Gasteiger partial charge in [0.1, 0.15) is 0 Å². The summed E-state index contributed by atoms with van der Waals surface area (Å²) >= 11 is 0. The van der Waals surface area contributed by atoms with E-state index >= 15 is 0 Å². The van der Waals surface area contributed by atoms with Crippen LogP contribution >= 0.6 is 0 Å². The Hall–Kier alpha value is -0.120. The highest BCUT2D eigenvalue weighted by Gasteiger charge is 2.32. The highest BCUT2D eigenvalue weighted by molar-refractivity contribution is 4.86. The molecule has 1 aliphatic heterocycles. The molecule has 3 nitrogen and oxygen atoms in total. The molecule has 3 heteroatoms. The van der Waals surface area contributed by atoms with E-state index in [2.05, 4.69) is 51.9 Å². The van der Waals surface area contributed by atoms with Gasteiger partial charge in [-0.3, -0.25) is 0 Å². The molecule has 0 saturated carbocycles. The number of hydrogen-bond donors (Lipinski definition) is 1. The maximum atomic E-state index is 5.68. The van der Waals surface area contributed by atoms with Gasteiger partial charge in [0.2, 0.25) is 0 Å². The number of nitrogens with one attached hydrogen (secondary N) is 1. The normalized spacial score (nSPS) is 28.0. The first-order valence-corrected chi connectivity index (χ1v) is 7.43.